The second-order valence-electron chi connectivity index (χ2n) is 3.83. The molecular formula is C9H12N2O2S. The molecule has 0 aromatic carbocycles. The fourth-order valence-electron chi connectivity index (χ4n) is 2.04. The minimum absolute atomic E-state index is 0.0255. The summed E-state index contributed by atoms with van der Waals surface area (Å²) in [5.74, 6) is -0.118. The van der Waals surface area contributed by atoms with Gasteiger partial charge in [0.25, 0.3) is 0 Å². The van der Waals surface area contributed by atoms with Crippen LogP contribution in [0.1, 0.15) is 19.3 Å². The van der Waals surface area contributed by atoms with Gasteiger partial charge >= 0.3 is 0 Å². The van der Waals surface area contributed by atoms with E-state index < -0.39 is 0 Å². The van der Waals surface area contributed by atoms with Crippen molar-refractivity contribution in [2.75, 3.05) is 6.54 Å². The first kappa shape index (κ1) is 9.58. The second-order valence-corrected chi connectivity index (χ2v) is 4.36. The van der Waals surface area contributed by atoms with Crippen molar-refractivity contribution in [2.45, 2.75) is 19.3 Å². The third-order valence-electron chi connectivity index (χ3n) is 3.02. The number of amides is 2. The predicted molar refractivity (Wildman–Crippen MR) is 54.3 cm³/mol. The number of nitrogens with zero attached hydrogens (tertiary/aromatic N) is 1. The highest BCUT2D eigenvalue weighted by Crippen LogP contribution is 2.42. The Hall–Kier alpha value is -0.970. The molecule has 2 unspecified atom stereocenters. The van der Waals surface area contributed by atoms with Gasteiger partial charge in [0.15, 0.2) is 0 Å². The Morgan fingerprint density at radius 3 is 2.21 bits per heavy atom. The fraction of sp³-hybridized carbons (Fsp3) is 0.667. The average molecular weight is 212 g/mol. The number of imide groups is 1. The van der Waals surface area contributed by atoms with E-state index in [9.17, 15) is 9.59 Å². The zero-order valence-electron chi connectivity index (χ0n) is 7.73. The highest BCUT2D eigenvalue weighted by Gasteiger charge is 2.52. The van der Waals surface area contributed by atoms with Gasteiger partial charge < -0.3 is 5.73 Å². The first-order chi connectivity index (χ1) is 6.61. The van der Waals surface area contributed by atoms with E-state index >= 15 is 0 Å². The van der Waals surface area contributed by atoms with Crippen LogP contribution in [0.3, 0.4) is 0 Å². The molecule has 0 radical (unpaired) electrons. The van der Waals surface area contributed by atoms with Gasteiger partial charge in [0.2, 0.25) is 11.8 Å². The Morgan fingerprint density at radius 2 is 1.86 bits per heavy atom. The summed E-state index contributed by atoms with van der Waals surface area (Å²) < 4.78 is 0. The van der Waals surface area contributed by atoms with E-state index in [0.29, 0.717) is 18.0 Å². The summed E-state index contributed by atoms with van der Waals surface area (Å²) in [6.07, 6.45) is 2.16. The first-order valence-electron chi connectivity index (χ1n) is 4.75. The first-order valence-corrected chi connectivity index (χ1v) is 5.15. The Kier molecular flexibility index (Phi) is 2.26. The molecule has 0 spiro atoms. The van der Waals surface area contributed by atoms with Crippen molar-refractivity contribution in [3.63, 3.8) is 0 Å². The van der Waals surface area contributed by atoms with Crippen LogP contribution < -0.4 is 5.73 Å². The van der Waals surface area contributed by atoms with Crippen LogP contribution in [0, 0.1) is 11.8 Å². The van der Waals surface area contributed by atoms with Gasteiger partial charge in [-0.05, 0) is 12.8 Å². The third kappa shape index (κ3) is 1.32. The monoisotopic (exact) mass is 212 g/mol. The number of nitrogens with two attached hydrogens (primary N) is 1. The second kappa shape index (κ2) is 3.31. The quantitative estimate of drug-likeness (QED) is 0.530. The maximum absolute atomic E-state index is 11.6. The van der Waals surface area contributed by atoms with Gasteiger partial charge in [-0.3, -0.25) is 14.5 Å². The van der Waals surface area contributed by atoms with Crippen LogP contribution >= 0.6 is 12.2 Å². The molecule has 0 bridgehead atoms. The maximum Gasteiger partial charge on any atom is 0.233 e. The summed E-state index contributed by atoms with van der Waals surface area (Å²) in [4.78, 5) is 24.9. The molecule has 2 N–H and O–H groups in total. The summed E-state index contributed by atoms with van der Waals surface area (Å²) >= 11 is 4.71. The van der Waals surface area contributed by atoms with Crippen molar-refractivity contribution < 1.29 is 9.59 Å². The molecular weight excluding hydrogens is 200 g/mol. The maximum atomic E-state index is 11.6. The molecule has 2 rings (SSSR count). The summed E-state index contributed by atoms with van der Waals surface area (Å²) in [6, 6.07) is 0. The van der Waals surface area contributed by atoms with Crippen molar-refractivity contribution in [2.24, 2.45) is 17.6 Å². The number of carbonyl (C=O) groups excluding carboxylic acids is 2. The molecule has 1 saturated carbocycles. The van der Waals surface area contributed by atoms with Gasteiger partial charge in [0.05, 0.1) is 16.8 Å². The van der Waals surface area contributed by atoms with E-state index in [4.69, 9.17) is 18.0 Å². The van der Waals surface area contributed by atoms with E-state index in [1.54, 1.807) is 0 Å². The Labute approximate surface area is 87.4 Å². The lowest BCUT2D eigenvalue weighted by Crippen LogP contribution is -2.33. The summed E-state index contributed by atoms with van der Waals surface area (Å²) in [5, 5.41) is 0. The van der Waals surface area contributed by atoms with Gasteiger partial charge in [-0.1, -0.05) is 12.2 Å². The lowest BCUT2D eigenvalue weighted by atomic mass is 9.76. The largest absolute Gasteiger partial charge is 0.393 e. The summed E-state index contributed by atoms with van der Waals surface area (Å²) in [7, 11) is 0. The molecule has 5 heteroatoms. The molecule has 4 nitrogen and oxygen atoms in total. The molecule has 2 atom stereocenters. The number of hydrogen-bond donors (Lipinski definition) is 1. The summed E-state index contributed by atoms with van der Waals surface area (Å²) in [6.45, 7) is 0.361. The Bertz CT molecular complexity index is 294. The van der Waals surface area contributed by atoms with E-state index in [2.05, 4.69) is 0 Å². The molecule has 1 saturated heterocycles. The number of fused-ring (bicyclic) bond motifs is 1. The molecule has 1 aliphatic heterocycles. The van der Waals surface area contributed by atoms with Crippen LogP contribution in [-0.4, -0.2) is 28.2 Å². The molecule has 2 aliphatic rings. The van der Waals surface area contributed by atoms with E-state index in [1.807, 2.05) is 0 Å². The minimum Gasteiger partial charge on any atom is -0.393 e. The number of thiocarbonyl (C=S) groups is 1. The third-order valence-corrected chi connectivity index (χ3v) is 3.23. The van der Waals surface area contributed by atoms with E-state index in [1.165, 1.54) is 4.90 Å². The van der Waals surface area contributed by atoms with Crippen molar-refractivity contribution in [3.05, 3.63) is 0 Å². The lowest BCUT2D eigenvalue weighted by Gasteiger charge is -2.24. The normalized spacial score (nSPS) is 30.1. The molecule has 2 amide bonds. The number of carbonyl (C=O) groups is 2. The van der Waals surface area contributed by atoms with Gasteiger partial charge in [-0.2, -0.15) is 0 Å². The van der Waals surface area contributed by atoms with Crippen molar-refractivity contribution >= 4 is 29.0 Å². The van der Waals surface area contributed by atoms with Crippen molar-refractivity contribution in [1.82, 2.24) is 4.90 Å². The number of likely N-dealkylation sites (tertiary alicyclic amines) is 1. The molecule has 2 fully saturated rings. The van der Waals surface area contributed by atoms with Crippen molar-refractivity contribution in [3.8, 4) is 0 Å². The van der Waals surface area contributed by atoms with E-state index in [0.717, 1.165) is 12.8 Å². The average Bonchev–Trinajstić information content (AvgIpc) is 2.15. The smallest absolute Gasteiger partial charge is 0.233 e. The van der Waals surface area contributed by atoms with Gasteiger partial charge in [0.1, 0.15) is 0 Å². The zero-order chi connectivity index (χ0) is 10.3. The fourth-order valence-corrected chi connectivity index (χ4v) is 2.13. The molecule has 1 aliphatic carbocycles. The van der Waals surface area contributed by atoms with Crippen molar-refractivity contribution in [1.29, 1.82) is 0 Å². The van der Waals surface area contributed by atoms with Crippen LogP contribution in [-0.2, 0) is 9.59 Å². The molecule has 0 aromatic heterocycles. The minimum atomic E-state index is -0.0335. The standard InChI is InChI=1S/C9H12N2O2S/c10-7(14)3-4-11-8(12)5-1-2-6(5)9(11)13/h5-6H,1-4H2,(H2,10,14). The van der Waals surface area contributed by atoms with Gasteiger partial charge in [-0.15, -0.1) is 0 Å². The highest BCUT2D eigenvalue weighted by molar-refractivity contribution is 7.80. The highest BCUT2D eigenvalue weighted by atomic mass is 32.1. The Morgan fingerprint density at radius 1 is 1.36 bits per heavy atom. The molecule has 1 heterocycles. The van der Waals surface area contributed by atoms with Gasteiger partial charge in [-0.25, -0.2) is 0 Å². The van der Waals surface area contributed by atoms with Crippen LogP contribution in [0.5, 0.6) is 0 Å². The zero-order valence-corrected chi connectivity index (χ0v) is 8.55. The molecule has 76 valence electrons. The number of hydrogen-bond acceptors (Lipinski definition) is 3. The molecule has 14 heavy (non-hydrogen) atoms. The van der Waals surface area contributed by atoms with Gasteiger partial charge in [0, 0.05) is 13.0 Å². The number of rotatable bonds is 3. The van der Waals surface area contributed by atoms with Crippen LogP contribution in [0.2, 0.25) is 0 Å². The predicted octanol–water partition coefficient (Wildman–Crippen LogP) is 0.0576. The Balaban J connectivity index is 2.01. The summed E-state index contributed by atoms with van der Waals surface area (Å²) in [5.41, 5.74) is 5.33. The SMILES string of the molecule is NC(=S)CCN1C(=O)C2CCC2C1=O. The lowest BCUT2D eigenvalue weighted by molar-refractivity contribution is -0.139. The van der Waals surface area contributed by atoms with E-state index in [-0.39, 0.29) is 23.7 Å². The topological polar surface area (TPSA) is 63.4 Å². The molecule has 0 aromatic rings. The van der Waals surface area contributed by atoms with Crippen LogP contribution in [0.25, 0.3) is 0 Å². The van der Waals surface area contributed by atoms with Crippen LogP contribution in [0.15, 0.2) is 0 Å². The van der Waals surface area contributed by atoms with Crippen LogP contribution in [0.4, 0.5) is 0 Å².